The molecule has 12 heavy (non-hydrogen) atoms. The number of hydrogen-bond acceptors (Lipinski definition) is 2. The molecule has 3 unspecified atom stereocenters. The van der Waals surface area contributed by atoms with E-state index in [1.165, 1.54) is 32.1 Å². The van der Waals surface area contributed by atoms with Crippen LogP contribution in [0.5, 0.6) is 0 Å². The Kier molecular flexibility index (Phi) is 1.60. The van der Waals surface area contributed by atoms with Gasteiger partial charge in [0.1, 0.15) is 0 Å². The zero-order chi connectivity index (χ0) is 8.34. The summed E-state index contributed by atoms with van der Waals surface area (Å²) in [5, 5.41) is 0.591. The highest BCUT2D eigenvalue weighted by molar-refractivity contribution is 7.85. The zero-order valence-electron chi connectivity index (χ0n) is 7.24. The Morgan fingerprint density at radius 3 is 2.08 bits per heavy atom. The third-order valence-corrected chi connectivity index (χ3v) is 5.98. The van der Waals surface area contributed by atoms with E-state index in [0.29, 0.717) is 10.00 Å². The average Bonchev–Trinajstić information content (AvgIpc) is 1.98. The van der Waals surface area contributed by atoms with Crippen molar-refractivity contribution in [3.8, 4) is 0 Å². The van der Waals surface area contributed by atoms with E-state index in [1.807, 2.05) is 0 Å². The van der Waals surface area contributed by atoms with Crippen LogP contribution >= 0.6 is 25.3 Å². The predicted octanol–water partition coefficient (Wildman–Crippen LogP) is 2.79. The molecule has 0 aromatic rings. The van der Waals surface area contributed by atoms with Crippen molar-refractivity contribution in [1.29, 1.82) is 0 Å². The van der Waals surface area contributed by atoms with Gasteiger partial charge in [0.15, 0.2) is 0 Å². The fourth-order valence-electron chi connectivity index (χ4n) is 3.97. The third-order valence-electron chi connectivity index (χ3n) is 4.22. The first-order valence-corrected chi connectivity index (χ1v) is 6.04. The van der Waals surface area contributed by atoms with Crippen molar-refractivity contribution in [2.24, 2.45) is 17.8 Å². The Morgan fingerprint density at radius 2 is 1.58 bits per heavy atom. The summed E-state index contributed by atoms with van der Waals surface area (Å²) >= 11 is 9.62. The fourth-order valence-corrected chi connectivity index (χ4v) is 5.15. The Bertz CT molecular complexity index is 200. The number of hydrogen-bond donors (Lipinski definition) is 2. The first-order valence-electron chi connectivity index (χ1n) is 5.08. The number of thiol groups is 2. The van der Waals surface area contributed by atoms with Crippen LogP contribution in [-0.2, 0) is 0 Å². The van der Waals surface area contributed by atoms with Gasteiger partial charge in [0.05, 0.1) is 0 Å². The van der Waals surface area contributed by atoms with Crippen molar-refractivity contribution in [2.75, 3.05) is 0 Å². The van der Waals surface area contributed by atoms with Gasteiger partial charge in [-0.1, -0.05) is 0 Å². The molecule has 4 aliphatic rings. The fraction of sp³-hybridized carbons (Fsp3) is 1.00. The van der Waals surface area contributed by atoms with Crippen molar-refractivity contribution in [2.45, 2.75) is 42.1 Å². The summed E-state index contributed by atoms with van der Waals surface area (Å²) < 4.78 is 0.317. The van der Waals surface area contributed by atoms with Crippen LogP contribution < -0.4 is 0 Å². The minimum absolute atomic E-state index is 0.317. The molecule has 0 aromatic heterocycles. The second-order valence-electron chi connectivity index (χ2n) is 5.16. The predicted molar refractivity (Wildman–Crippen MR) is 58.0 cm³/mol. The van der Waals surface area contributed by atoms with Crippen LogP contribution in [0.1, 0.15) is 32.1 Å². The Labute approximate surface area is 85.3 Å². The Balaban J connectivity index is 1.97. The van der Waals surface area contributed by atoms with Crippen molar-refractivity contribution in [1.82, 2.24) is 0 Å². The van der Waals surface area contributed by atoms with Gasteiger partial charge in [-0.2, -0.15) is 25.3 Å². The largest absolute Gasteiger partial charge is 0.174 e. The smallest absolute Gasteiger partial charge is 0.0254 e. The summed E-state index contributed by atoms with van der Waals surface area (Å²) in [5.41, 5.74) is 0. The Hall–Kier alpha value is 0.700. The molecule has 0 radical (unpaired) electrons. The third kappa shape index (κ3) is 0.942. The van der Waals surface area contributed by atoms with Crippen LogP contribution in [0.15, 0.2) is 0 Å². The molecule has 0 heterocycles. The first-order chi connectivity index (χ1) is 5.67. The molecule has 0 saturated heterocycles. The monoisotopic (exact) mass is 200 g/mol. The van der Waals surface area contributed by atoms with Gasteiger partial charge in [-0.25, -0.2) is 0 Å². The highest BCUT2D eigenvalue weighted by Crippen LogP contribution is 2.59. The molecule has 0 aromatic carbocycles. The van der Waals surface area contributed by atoms with Crippen molar-refractivity contribution >= 4 is 25.3 Å². The van der Waals surface area contributed by atoms with E-state index in [0.717, 1.165) is 17.8 Å². The molecule has 68 valence electrons. The van der Waals surface area contributed by atoms with Gasteiger partial charge in [0, 0.05) is 10.00 Å². The molecule has 4 bridgehead atoms. The zero-order valence-corrected chi connectivity index (χ0v) is 9.03. The highest BCUT2D eigenvalue weighted by atomic mass is 32.1. The van der Waals surface area contributed by atoms with E-state index in [9.17, 15) is 0 Å². The van der Waals surface area contributed by atoms with Gasteiger partial charge in [0.25, 0.3) is 0 Å². The van der Waals surface area contributed by atoms with Crippen molar-refractivity contribution < 1.29 is 0 Å². The van der Waals surface area contributed by atoms with Crippen LogP contribution in [0.3, 0.4) is 0 Å². The maximum absolute atomic E-state index is 4.87. The van der Waals surface area contributed by atoms with Crippen LogP contribution in [0, 0.1) is 17.8 Å². The molecule has 3 atom stereocenters. The van der Waals surface area contributed by atoms with E-state index >= 15 is 0 Å². The van der Waals surface area contributed by atoms with Crippen molar-refractivity contribution in [3.05, 3.63) is 0 Å². The topological polar surface area (TPSA) is 0 Å². The molecule has 4 saturated carbocycles. The lowest BCUT2D eigenvalue weighted by Gasteiger charge is -2.58. The Morgan fingerprint density at radius 1 is 1.00 bits per heavy atom. The van der Waals surface area contributed by atoms with Gasteiger partial charge in [-0.15, -0.1) is 0 Å². The molecule has 4 rings (SSSR count). The van der Waals surface area contributed by atoms with E-state index in [1.54, 1.807) is 0 Å². The van der Waals surface area contributed by atoms with Crippen molar-refractivity contribution in [3.63, 3.8) is 0 Å². The van der Waals surface area contributed by atoms with E-state index in [-0.39, 0.29) is 0 Å². The van der Waals surface area contributed by atoms with Crippen LogP contribution in [0.25, 0.3) is 0 Å². The minimum Gasteiger partial charge on any atom is -0.174 e. The second kappa shape index (κ2) is 2.38. The quantitative estimate of drug-likeness (QED) is 0.552. The second-order valence-corrected chi connectivity index (χ2v) is 6.60. The summed E-state index contributed by atoms with van der Waals surface area (Å²) in [6, 6.07) is 0. The minimum atomic E-state index is 0.317. The molecule has 0 amide bonds. The standard InChI is InChI=1S/C10H16S2/c11-9-8-2-6-1-7(3-8)5-10(9,12)4-6/h6-9,11-12H,1-5H2. The van der Waals surface area contributed by atoms with Gasteiger partial charge >= 0.3 is 0 Å². The van der Waals surface area contributed by atoms with E-state index < -0.39 is 0 Å². The van der Waals surface area contributed by atoms with E-state index in [4.69, 9.17) is 25.3 Å². The lowest BCUT2D eigenvalue weighted by atomic mass is 9.55. The molecular weight excluding hydrogens is 184 g/mol. The summed E-state index contributed by atoms with van der Waals surface area (Å²) in [4.78, 5) is 0. The van der Waals surface area contributed by atoms with E-state index in [2.05, 4.69) is 0 Å². The van der Waals surface area contributed by atoms with Crippen LogP contribution in [0.2, 0.25) is 0 Å². The van der Waals surface area contributed by atoms with Gasteiger partial charge < -0.3 is 0 Å². The maximum Gasteiger partial charge on any atom is 0.0254 e. The molecule has 0 spiro atoms. The molecule has 0 aliphatic heterocycles. The summed E-state index contributed by atoms with van der Waals surface area (Å²) in [7, 11) is 0. The lowest BCUT2D eigenvalue weighted by molar-refractivity contribution is 0.0464. The lowest BCUT2D eigenvalue weighted by Crippen LogP contribution is -2.55. The van der Waals surface area contributed by atoms with Gasteiger partial charge in [-0.3, -0.25) is 0 Å². The molecule has 4 aliphatic carbocycles. The van der Waals surface area contributed by atoms with Crippen LogP contribution in [0.4, 0.5) is 0 Å². The van der Waals surface area contributed by atoms with Crippen LogP contribution in [-0.4, -0.2) is 10.00 Å². The molecular formula is C10H16S2. The number of rotatable bonds is 0. The maximum atomic E-state index is 4.87. The molecule has 2 heteroatoms. The van der Waals surface area contributed by atoms with Gasteiger partial charge in [0.2, 0.25) is 0 Å². The SMILES string of the molecule is SC1C2CC3CC(C2)CC1(S)C3. The first kappa shape index (κ1) is 8.05. The summed E-state index contributed by atoms with van der Waals surface area (Å²) in [5.74, 6) is 2.91. The highest BCUT2D eigenvalue weighted by Gasteiger charge is 2.53. The molecule has 4 fully saturated rings. The summed E-state index contributed by atoms with van der Waals surface area (Å²) in [6.07, 6.45) is 7.09. The molecule has 0 nitrogen and oxygen atoms in total. The normalized spacial score (nSPS) is 62.5. The van der Waals surface area contributed by atoms with Gasteiger partial charge in [-0.05, 0) is 49.9 Å². The summed E-state index contributed by atoms with van der Waals surface area (Å²) in [6.45, 7) is 0. The average molecular weight is 200 g/mol. The molecule has 0 N–H and O–H groups in total.